The second-order valence-corrected chi connectivity index (χ2v) is 5.02. The number of fused-ring (bicyclic) bond motifs is 1. The summed E-state index contributed by atoms with van der Waals surface area (Å²) in [5.41, 5.74) is 2.50. The van der Waals surface area contributed by atoms with Gasteiger partial charge in [-0.25, -0.2) is 14.6 Å². The first-order chi connectivity index (χ1) is 11.6. The average molecular weight is 327 g/mol. The van der Waals surface area contributed by atoms with Crippen LogP contribution in [0.2, 0.25) is 0 Å². The second kappa shape index (κ2) is 6.49. The van der Waals surface area contributed by atoms with Crippen molar-refractivity contribution >= 4 is 34.3 Å². The lowest BCUT2D eigenvalue weighted by molar-refractivity contribution is -0.114. The number of nitrogens with zero attached hydrogens (tertiary/aromatic N) is 5. The zero-order chi connectivity index (χ0) is 17.1. The maximum atomic E-state index is 11.2. The Labute approximate surface area is 138 Å². The van der Waals surface area contributed by atoms with E-state index in [9.17, 15) is 4.79 Å². The summed E-state index contributed by atoms with van der Waals surface area (Å²) in [6.45, 7) is 4.08. The molecule has 2 heterocycles. The minimum Gasteiger partial charge on any atom is -0.495 e. The second-order valence-electron chi connectivity index (χ2n) is 5.02. The van der Waals surface area contributed by atoms with Gasteiger partial charge in [-0.2, -0.15) is 0 Å². The molecule has 0 aliphatic rings. The Morgan fingerprint density at radius 2 is 2.17 bits per heavy atom. The molecule has 0 fully saturated rings. The fraction of sp³-hybridized carbons (Fsp3) is 0.267. The van der Waals surface area contributed by atoms with Crippen LogP contribution < -0.4 is 15.4 Å². The standard InChI is InChI=1S/C15H17N7O2/c1-4-22-15-13(20-21-22)14(16-8-17-15)19-11-7-10(18-9(2)23)5-6-12(11)24-3/h5-8H,4H2,1-3H3,(H,18,23)(H,16,17,19). The van der Waals surface area contributed by atoms with Crippen molar-refractivity contribution in [1.82, 2.24) is 25.0 Å². The van der Waals surface area contributed by atoms with E-state index < -0.39 is 0 Å². The van der Waals surface area contributed by atoms with Crippen LogP contribution in [0, 0.1) is 0 Å². The van der Waals surface area contributed by atoms with Crippen LogP contribution in [0.15, 0.2) is 24.5 Å². The van der Waals surface area contributed by atoms with Gasteiger partial charge in [-0.05, 0) is 25.1 Å². The molecule has 0 aliphatic carbocycles. The van der Waals surface area contributed by atoms with Crippen molar-refractivity contribution in [3.8, 4) is 5.75 Å². The molecule has 9 nitrogen and oxygen atoms in total. The van der Waals surface area contributed by atoms with E-state index in [2.05, 4.69) is 30.9 Å². The fourth-order valence-electron chi connectivity index (χ4n) is 2.31. The third kappa shape index (κ3) is 2.96. The third-order valence-corrected chi connectivity index (χ3v) is 3.37. The first-order valence-electron chi connectivity index (χ1n) is 7.39. The summed E-state index contributed by atoms with van der Waals surface area (Å²) >= 11 is 0. The van der Waals surface area contributed by atoms with Gasteiger partial charge in [0.2, 0.25) is 5.91 Å². The molecule has 24 heavy (non-hydrogen) atoms. The zero-order valence-corrected chi connectivity index (χ0v) is 13.6. The summed E-state index contributed by atoms with van der Waals surface area (Å²) in [7, 11) is 1.57. The molecular weight excluding hydrogens is 310 g/mol. The number of carbonyl (C=O) groups excluding carboxylic acids is 1. The molecule has 2 aromatic heterocycles. The first kappa shape index (κ1) is 15.7. The SMILES string of the molecule is CCn1nnc2c(Nc3cc(NC(C)=O)ccc3OC)ncnc21. The molecule has 9 heteroatoms. The van der Waals surface area contributed by atoms with Gasteiger partial charge in [0.25, 0.3) is 0 Å². The Balaban J connectivity index is 2.01. The maximum absolute atomic E-state index is 11.2. The zero-order valence-electron chi connectivity index (χ0n) is 13.6. The Morgan fingerprint density at radius 1 is 1.33 bits per heavy atom. The Morgan fingerprint density at radius 3 is 2.88 bits per heavy atom. The summed E-state index contributed by atoms with van der Waals surface area (Å²) in [5.74, 6) is 0.971. The molecule has 0 spiro atoms. The number of anilines is 3. The molecule has 3 aromatic rings. The first-order valence-corrected chi connectivity index (χ1v) is 7.39. The van der Waals surface area contributed by atoms with Gasteiger partial charge in [0.05, 0.1) is 12.8 Å². The molecule has 0 aliphatic heterocycles. The van der Waals surface area contributed by atoms with Crippen molar-refractivity contribution in [3.05, 3.63) is 24.5 Å². The predicted molar refractivity (Wildman–Crippen MR) is 89.4 cm³/mol. The van der Waals surface area contributed by atoms with Crippen LogP contribution in [0.1, 0.15) is 13.8 Å². The number of aromatic nitrogens is 5. The molecule has 0 bridgehead atoms. The lowest BCUT2D eigenvalue weighted by Crippen LogP contribution is -2.06. The highest BCUT2D eigenvalue weighted by Crippen LogP contribution is 2.31. The van der Waals surface area contributed by atoms with Gasteiger partial charge in [-0.3, -0.25) is 4.79 Å². The smallest absolute Gasteiger partial charge is 0.221 e. The number of benzene rings is 1. The van der Waals surface area contributed by atoms with E-state index in [-0.39, 0.29) is 5.91 Å². The van der Waals surface area contributed by atoms with Crippen LogP contribution in [0.3, 0.4) is 0 Å². The topological polar surface area (TPSA) is 107 Å². The Kier molecular flexibility index (Phi) is 4.23. The van der Waals surface area contributed by atoms with Crippen molar-refractivity contribution < 1.29 is 9.53 Å². The average Bonchev–Trinajstić information content (AvgIpc) is 2.99. The van der Waals surface area contributed by atoms with Gasteiger partial charge in [0.1, 0.15) is 12.1 Å². The van der Waals surface area contributed by atoms with E-state index in [4.69, 9.17) is 4.74 Å². The van der Waals surface area contributed by atoms with E-state index >= 15 is 0 Å². The predicted octanol–water partition coefficient (Wildman–Crippen LogP) is 1.95. The van der Waals surface area contributed by atoms with Gasteiger partial charge in [-0.1, -0.05) is 5.21 Å². The van der Waals surface area contributed by atoms with E-state index in [1.54, 1.807) is 30.0 Å². The normalized spacial score (nSPS) is 10.6. The highest BCUT2D eigenvalue weighted by molar-refractivity contribution is 5.91. The van der Waals surface area contributed by atoms with Gasteiger partial charge in [0, 0.05) is 19.2 Å². The van der Waals surface area contributed by atoms with E-state index in [1.807, 2.05) is 6.92 Å². The molecule has 2 N–H and O–H groups in total. The van der Waals surface area contributed by atoms with E-state index in [1.165, 1.54) is 13.3 Å². The molecule has 0 saturated carbocycles. The molecule has 3 rings (SSSR count). The van der Waals surface area contributed by atoms with Crippen molar-refractivity contribution in [2.45, 2.75) is 20.4 Å². The van der Waals surface area contributed by atoms with E-state index in [0.717, 1.165) is 0 Å². The van der Waals surface area contributed by atoms with Crippen molar-refractivity contribution in [3.63, 3.8) is 0 Å². The molecule has 0 unspecified atom stereocenters. The summed E-state index contributed by atoms with van der Waals surface area (Å²) in [6, 6.07) is 5.28. The van der Waals surface area contributed by atoms with Crippen LogP contribution in [0.4, 0.5) is 17.2 Å². The Hall–Kier alpha value is -3.23. The van der Waals surface area contributed by atoms with Crippen LogP contribution in [0.5, 0.6) is 5.75 Å². The number of carbonyl (C=O) groups is 1. The summed E-state index contributed by atoms with van der Waals surface area (Å²) < 4.78 is 7.04. The molecule has 0 atom stereocenters. The highest BCUT2D eigenvalue weighted by atomic mass is 16.5. The monoisotopic (exact) mass is 327 g/mol. The lowest BCUT2D eigenvalue weighted by Gasteiger charge is -2.12. The number of hydrogen-bond acceptors (Lipinski definition) is 7. The summed E-state index contributed by atoms with van der Waals surface area (Å²) in [4.78, 5) is 19.7. The molecule has 124 valence electrons. The van der Waals surface area contributed by atoms with Crippen molar-refractivity contribution in [1.29, 1.82) is 0 Å². The van der Waals surface area contributed by atoms with Crippen LogP contribution >= 0.6 is 0 Å². The van der Waals surface area contributed by atoms with Crippen LogP contribution in [-0.2, 0) is 11.3 Å². The third-order valence-electron chi connectivity index (χ3n) is 3.37. The molecule has 1 aromatic carbocycles. The molecule has 0 radical (unpaired) electrons. The molecule has 0 saturated heterocycles. The maximum Gasteiger partial charge on any atom is 0.221 e. The number of amides is 1. The number of ether oxygens (including phenoxy) is 1. The van der Waals surface area contributed by atoms with Crippen LogP contribution in [0.25, 0.3) is 11.2 Å². The van der Waals surface area contributed by atoms with Gasteiger partial charge >= 0.3 is 0 Å². The quantitative estimate of drug-likeness (QED) is 0.737. The number of aryl methyl sites for hydroxylation is 1. The highest BCUT2D eigenvalue weighted by Gasteiger charge is 2.13. The van der Waals surface area contributed by atoms with E-state index in [0.29, 0.717) is 40.7 Å². The fourth-order valence-corrected chi connectivity index (χ4v) is 2.31. The number of hydrogen-bond donors (Lipinski definition) is 2. The largest absolute Gasteiger partial charge is 0.495 e. The summed E-state index contributed by atoms with van der Waals surface area (Å²) in [6.07, 6.45) is 1.45. The molecule has 1 amide bonds. The Bertz CT molecular complexity index is 891. The number of rotatable bonds is 5. The molecular formula is C15H17N7O2. The number of nitrogens with one attached hydrogen (secondary N) is 2. The lowest BCUT2D eigenvalue weighted by atomic mass is 10.2. The van der Waals surface area contributed by atoms with Gasteiger partial charge in [0.15, 0.2) is 17.0 Å². The van der Waals surface area contributed by atoms with Crippen molar-refractivity contribution in [2.75, 3.05) is 17.7 Å². The minimum absolute atomic E-state index is 0.151. The van der Waals surface area contributed by atoms with Crippen LogP contribution in [-0.4, -0.2) is 38.0 Å². The van der Waals surface area contributed by atoms with Gasteiger partial charge < -0.3 is 15.4 Å². The number of methoxy groups -OCH3 is 1. The summed E-state index contributed by atoms with van der Waals surface area (Å²) in [5, 5.41) is 14.1. The van der Waals surface area contributed by atoms with Crippen molar-refractivity contribution in [2.24, 2.45) is 0 Å². The van der Waals surface area contributed by atoms with Gasteiger partial charge in [-0.15, -0.1) is 5.10 Å². The minimum atomic E-state index is -0.151.